The average molecular weight is 178 g/mol. The van der Waals surface area contributed by atoms with Crippen molar-refractivity contribution in [3.05, 3.63) is 24.0 Å². The van der Waals surface area contributed by atoms with E-state index in [1.165, 1.54) is 6.42 Å². The first-order valence-corrected chi connectivity index (χ1v) is 4.85. The molecule has 0 saturated heterocycles. The van der Waals surface area contributed by atoms with E-state index in [2.05, 4.69) is 30.2 Å². The van der Waals surface area contributed by atoms with Crippen LogP contribution in [0.3, 0.4) is 0 Å². The molecular formula is C11H18N2. The molecule has 13 heavy (non-hydrogen) atoms. The van der Waals surface area contributed by atoms with Crippen molar-refractivity contribution in [3.8, 4) is 0 Å². The molecule has 0 saturated carbocycles. The Hall–Kier alpha value is -1.05. The first kappa shape index (κ1) is 10.0. The van der Waals surface area contributed by atoms with Crippen molar-refractivity contribution in [3.63, 3.8) is 0 Å². The SMILES string of the molecule is Cc1ncccc1NCCC(C)C. The maximum atomic E-state index is 4.21. The van der Waals surface area contributed by atoms with Gasteiger partial charge in [0.05, 0.1) is 11.4 Å². The molecule has 1 heterocycles. The van der Waals surface area contributed by atoms with Gasteiger partial charge in [0.15, 0.2) is 0 Å². The third-order valence-corrected chi connectivity index (χ3v) is 2.04. The monoisotopic (exact) mass is 178 g/mol. The molecule has 0 aliphatic carbocycles. The summed E-state index contributed by atoms with van der Waals surface area (Å²) in [4.78, 5) is 4.21. The van der Waals surface area contributed by atoms with E-state index < -0.39 is 0 Å². The summed E-state index contributed by atoms with van der Waals surface area (Å²) in [5.41, 5.74) is 2.23. The van der Waals surface area contributed by atoms with Gasteiger partial charge in [0, 0.05) is 12.7 Å². The lowest BCUT2D eigenvalue weighted by Crippen LogP contribution is -2.06. The van der Waals surface area contributed by atoms with Crippen molar-refractivity contribution in [1.29, 1.82) is 0 Å². The number of nitrogens with one attached hydrogen (secondary N) is 1. The van der Waals surface area contributed by atoms with E-state index in [0.717, 1.165) is 23.8 Å². The maximum Gasteiger partial charge on any atom is 0.0603 e. The molecule has 0 radical (unpaired) electrons. The molecule has 1 aromatic rings. The Morgan fingerprint density at radius 3 is 2.85 bits per heavy atom. The molecule has 1 aromatic heterocycles. The van der Waals surface area contributed by atoms with Crippen LogP contribution in [0.15, 0.2) is 18.3 Å². The van der Waals surface area contributed by atoms with Crippen LogP contribution in [0.4, 0.5) is 5.69 Å². The molecule has 0 atom stereocenters. The third-order valence-electron chi connectivity index (χ3n) is 2.04. The summed E-state index contributed by atoms with van der Waals surface area (Å²) >= 11 is 0. The first-order chi connectivity index (χ1) is 6.20. The Bertz CT molecular complexity index is 256. The Morgan fingerprint density at radius 2 is 2.23 bits per heavy atom. The van der Waals surface area contributed by atoms with Crippen LogP contribution in [0.2, 0.25) is 0 Å². The minimum absolute atomic E-state index is 0.754. The van der Waals surface area contributed by atoms with Crippen molar-refractivity contribution in [2.75, 3.05) is 11.9 Å². The smallest absolute Gasteiger partial charge is 0.0603 e. The van der Waals surface area contributed by atoms with Gasteiger partial charge in [-0.3, -0.25) is 4.98 Å². The summed E-state index contributed by atoms with van der Waals surface area (Å²) in [5, 5.41) is 3.38. The van der Waals surface area contributed by atoms with Crippen molar-refractivity contribution in [1.82, 2.24) is 4.98 Å². The van der Waals surface area contributed by atoms with Crippen LogP contribution < -0.4 is 5.32 Å². The van der Waals surface area contributed by atoms with Gasteiger partial charge in [0.1, 0.15) is 0 Å². The zero-order valence-electron chi connectivity index (χ0n) is 8.67. The Morgan fingerprint density at radius 1 is 1.46 bits per heavy atom. The topological polar surface area (TPSA) is 24.9 Å². The van der Waals surface area contributed by atoms with Crippen LogP contribution in [-0.4, -0.2) is 11.5 Å². The van der Waals surface area contributed by atoms with Crippen molar-refractivity contribution < 1.29 is 0 Å². The fourth-order valence-electron chi connectivity index (χ4n) is 1.17. The van der Waals surface area contributed by atoms with E-state index in [9.17, 15) is 0 Å². The normalized spacial score (nSPS) is 10.5. The molecule has 2 heteroatoms. The van der Waals surface area contributed by atoms with Crippen LogP contribution in [0.1, 0.15) is 26.0 Å². The highest BCUT2D eigenvalue weighted by Crippen LogP contribution is 2.10. The predicted molar refractivity (Wildman–Crippen MR) is 56.9 cm³/mol. The second-order valence-corrected chi connectivity index (χ2v) is 3.75. The minimum atomic E-state index is 0.754. The lowest BCUT2D eigenvalue weighted by molar-refractivity contribution is 0.607. The molecule has 2 nitrogen and oxygen atoms in total. The van der Waals surface area contributed by atoms with E-state index in [-0.39, 0.29) is 0 Å². The van der Waals surface area contributed by atoms with Gasteiger partial charge < -0.3 is 5.32 Å². The van der Waals surface area contributed by atoms with Gasteiger partial charge in [0.2, 0.25) is 0 Å². The molecule has 0 aliphatic heterocycles. The highest BCUT2D eigenvalue weighted by atomic mass is 14.9. The summed E-state index contributed by atoms with van der Waals surface area (Å²) < 4.78 is 0. The minimum Gasteiger partial charge on any atom is -0.384 e. The maximum absolute atomic E-state index is 4.21. The van der Waals surface area contributed by atoms with Gasteiger partial charge in [-0.1, -0.05) is 13.8 Å². The molecule has 0 amide bonds. The number of aryl methyl sites for hydroxylation is 1. The van der Waals surface area contributed by atoms with Crippen LogP contribution in [0.25, 0.3) is 0 Å². The molecule has 0 bridgehead atoms. The fourth-order valence-corrected chi connectivity index (χ4v) is 1.17. The molecule has 0 spiro atoms. The lowest BCUT2D eigenvalue weighted by Gasteiger charge is -2.09. The number of hydrogen-bond donors (Lipinski definition) is 1. The largest absolute Gasteiger partial charge is 0.384 e. The highest BCUT2D eigenvalue weighted by molar-refractivity contribution is 5.46. The zero-order valence-corrected chi connectivity index (χ0v) is 8.67. The van der Waals surface area contributed by atoms with Crippen molar-refractivity contribution in [2.24, 2.45) is 5.92 Å². The number of pyridine rings is 1. The predicted octanol–water partition coefficient (Wildman–Crippen LogP) is 2.85. The molecule has 72 valence electrons. The number of aromatic nitrogens is 1. The van der Waals surface area contributed by atoms with Crippen molar-refractivity contribution in [2.45, 2.75) is 27.2 Å². The molecule has 0 aromatic carbocycles. The zero-order chi connectivity index (χ0) is 9.68. The summed E-state index contributed by atoms with van der Waals surface area (Å²) in [6.07, 6.45) is 3.03. The van der Waals surface area contributed by atoms with E-state index in [4.69, 9.17) is 0 Å². The molecule has 0 unspecified atom stereocenters. The van der Waals surface area contributed by atoms with E-state index in [1.54, 1.807) is 0 Å². The highest BCUT2D eigenvalue weighted by Gasteiger charge is 1.97. The van der Waals surface area contributed by atoms with Gasteiger partial charge in [-0.05, 0) is 31.4 Å². The standard InChI is InChI=1S/C11H18N2/c1-9(2)6-8-13-11-5-4-7-12-10(11)3/h4-5,7,9,13H,6,8H2,1-3H3. The molecule has 0 fully saturated rings. The average Bonchev–Trinajstić information content (AvgIpc) is 2.08. The molecule has 1 rings (SSSR count). The second kappa shape index (κ2) is 4.85. The van der Waals surface area contributed by atoms with Gasteiger partial charge >= 0.3 is 0 Å². The fraction of sp³-hybridized carbons (Fsp3) is 0.545. The lowest BCUT2D eigenvalue weighted by atomic mass is 10.1. The Balaban J connectivity index is 2.41. The summed E-state index contributed by atoms with van der Waals surface area (Å²) in [6.45, 7) is 7.53. The summed E-state index contributed by atoms with van der Waals surface area (Å²) in [6, 6.07) is 4.04. The van der Waals surface area contributed by atoms with Crippen molar-refractivity contribution >= 4 is 5.69 Å². The van der Waals surface area contributed by atoms with Crippen LogP contribution in [0, 0.1) is 12.8 Å². The van der Waals surface area contributed by atoms with Gasteiger partial charge in [0.25, 0.3) is 0 Å². The summed E-state index contributed by atoms with van der Waals surface area (Å²) in [5.74, 6) is 0.754. The van der Waals surface area contributed by atoms with Gasteiger partial charge in [-0.2, -0.15) is 0 Å². The summed E-state index contributed by atoms with van der Waals surface area (Å²) in [7, 11) is 0. The quantitative estimate of drug-likeness (QED) is 0.766. The Kier molecular flexibility index (Phi) is 3.74. The first-order valence-electron chi connectivity index (χ1n) is 4.85. The van der Waals surface area contributed by atoms with Gasteiger partial charge in [-0.25, -0.2) is 0 Å². The Labute approximate surface area is 80.4 Å². The second-order valence-electron chi connectivity index (χ2n) is 3.75. The third kappa shape index (κ3) is 3.45. The number of rotatable bonds is 4. The molecule has 1 N–H and O–H groups in total. The number of nitrogens with zero attached hydrogens (tertiary/aromatic N) is 1. The van der Waals surface area contributed by atoms with Gasteiger partial charge in [-0.15, -0.1) is 0 Å². The van der Waals surface area contributed by atoms with E-state index in [1.807, 2.05) is 19.2 Å². The van der Waals surface area contributed by atoms with Crippen LogP contribution in [-0.2, 0) is 0 Å². The van der Waals surface area contributed by atoms with Crippen LogP contribution in [0.5, 0.6) is 0 Å². The van der Waals surface area contributed by atoms with E-state index >= 15 is 0 Å². The number of anilines is 1. The van der Waals surface area contributed by atoms with E-state index in [0.29, 0.717) is 0 Å². The number of hydrogen-bond acceptors (Lipinski definition) is 2. The molecule has 0 aliphatic rings. The molecular weight excluding hydrogens is 160 g/mol. The van der Waals surface area contributed by atoms with Crippen LogP contribution >= 0.6 is 0 Å².